The minimum Gasteiger partial charge on any atom is -0.491 e. The lowest BCUT2D eigenvalue weighted by atomic mass is 10.1. The average Bonchev–Trinajstić information content (AvgIpc) is 2.81. The van der Waals surface area contributed by atoms with E-state index in [4.69, 9.17) is 26.8 Å². The monoisotopic (exact) mass is 471 g/mol. The molecule has 0 aliphatic rings. The van der Waals surface area contributed by atoms with Crippen molar-refractivity contribution in [2.75, 3.05) is 19.8 Å². The molecule has 1 heterocycles. The number of halogens is 1. The lowest BCUT2D eigenvalue weighted by Gasteiger charge is -2.19. The standard InChI is InChI=1S/C24H26ClN3O5/c25-17-3-1-4-21(12-17)32-15-19(30)13-27-18(14-29)11-16-7-9-20(10-8-16)33-23-6-2-5-22(28-23)24(26)31/h1-10,12,18-19,27,29-30H,11,13-15H2,(H2,26,31)/t18-,19-/m0/s1. The number of carbonyl (C=O) groups excluding carboxylic acids is 1. The van der Waals surface area contributed by atoms with Crippen LogP contribution in [0, 0.1) is 0 Å². The number of amides is 1. The Morgan fingerprint density at radius 1 is 1.09 bits per heavy atom. The zero-order valence-electron chi connectivity index (χ0n) is 17.9. The van der Waals surface area contributed by atoms with Crippen LogP contribution in [0.3, 0.4) is 0 Å². The van der Waals surface area contributed by atoms with E-state index >= 15 is 0 Å². The topological polar surface area (TPSA) is 127 Å². The highest BCUT2D eigenvalue weighted by atomic mass is 35.5. The van der Waals surface area contributed by atoms with Crippen molar-refractivity contribution < 1.29 is 24.5 Å². The van der Waals surface area contributed by atoms with Gasteiger partial charge in [0, 0.05) is 23.7 Å². The maximum atomic E-state index is 11.2. The number of carbonyl (C=O) groups is 1. The molecule has 1 aromatic heterocycles. The largest absolute Gasteiger partial charge is 0.491 e. The first kappa shape index (κ1) is 24.5. The molecule has 174 valence electrons. The summed E-state index contributed by atoms with van der Waals surface area (Å²) in [5, 5.41) is 23.6. The van der Waals surface area contributed by atoms with Crippen molar-refractivity contribution in [3.8, 4) is 17.4 Å². The molecule has 9 heteroatoms. The zero-order valence-corrected chi connectivity index (χ0v) is 18.6. The van der Waals surface area contributed by atoms with Crippen LogP contribution in [0.2, 0.25) is 5.02 Å². The van der Waals surface area contributed by atoms with Gasteiger partial charge in [0.25, 0.3) is 5.91 Å². The van der Waals surface area contributed by atoms with Crippen LogP contribution in [0.25, 0.3) is 0 Å². The van der Waals surface area contributed by atoms with E-state index < -0.39 is 12.0 Å². The molecule has 3 rings (SSSR count). The molecule has 0 bridgehead atoms. The first-order valence-electron chi connectivity index (χ1n) is 10.4. The van der Waals surface area contributed by atoms with Gasteiger partial charge in [0.05, 0.1) is 6.61 Å². The molecule has 33 heavy (non-hydrogen) atoms. The maximum Gasteiger partial charge on any atom is 0.267 e. The Labute approximate surface area is 196 Å². The van der Waals surface area contributed by atoms with Crippen molar-refractivity contribution >= 4 is 17.5 Å². The van der Waals surface area contributed by atoms with Crippen molar-refractivity contribution in [2.45, 2.75) is 18.6 Å². The molecule has 3 aromatic rings. The number of hydrogen-bond acceptors (Lipinski definition) is 7. The molecule has 0 fully saturated rings. The molecule has 0 unspecified atom stereocenters. The van der Waals surface area contributed by atoms with Gasteiger partial charge in [-0.05, 0) is 48.4 Å². The minimum atomic E-state index is -0.752. The number of nitrogens with zero attached hydrogens (tertiary/aromatic N) is 1. The maximum absolute atomic E-state index is 11.2. The molecule has 2 aromatic carbocycles. The summed E-state index contributed by atoms with van der Waals surface area (Å²) < 4.78 is 11.2. The van der Waals surface area contributed by atoms with Crippen LogP contribution >= 0.6 is 11.6 Å². The van der Waals surface area contributed by atoms with Gasteiger partial charge in [-0.2, -0.15) is 0 Å². The summed E-state index contributed by atoms with van der Waals surface area (Å²) in [7, 11) is 0. The number of pyridine rings is 1. The number of ether oxygens (including phenoxy) is 2. The summed E-state index contributed by atoms with van der Waals surface area (Å²) >= 11 is 5.92. The van der Waals surface area contributed by atoms with E-state index in [2.05, 4.69) is 10.3 Å². The third-order valence-electron chi connectivity index (χ3n) is 4.70. The van der Waals surface area contributed by atoms with Gasteiger partial charge in [-0.25, -0.2) is 4.98 Å². The smallest absolute Gasteiger partial charge is 0.267 e. The van der Waals surface area contributed by atoms with Gasteiger partial charge in [-0.15, -0.1) is 0 Å². The van der Waals surface area contributed by atoms with Crippen LogP contribution < -0.4 is 20.5 Å². The summed E-state index contributed by atoms with van der Waals surface area (Å²) in [6, 6.07) is 18.8. The lowest BCUT2D eigenvalue weighted by molar-refractivity contribution is 0.0993. The Balaban J connectivity index is 1.46. The highest BCUT2D eigenvalue weighted by molar-refractivity contribution is 6.30. The molecular formula is C24H26ClN3O5. The summed E-state index contributed by atoms with van der Waals surface area (Å²) in [6.07, 6.45) is -0.203. The van der Waals surface area contributed by atoms with Crippen LogP contribution in [0.1, 0.15) is 16.1 Å². The molecule has 0 aliphatic carbocycles. The van der Waals surface area contributed by atoms with Gasteiger partial charge >= 0.3 is 0 Å². The molecule has 0 spiro atoms. The fourth-order valence-electron chi connectivity index (χ4n) is 3.02. The number of rotatable bonds is 12. The molecule has 1 amide bonds. The number of aromatic nitrogens is 1. The van der Waals surface area contributed by atoms with Crippen LogP contribution in [-0.4, -0.2) is 53.0 Å². The number of aliphatic hydroxyl groups excluding tert-OH is 2. The number of aliphatic hydroxyl groups is 2. The molecular weight excluding hydrogens is 446 g/mol. The van der Waals surface area contributed by atoms with E-state index in [1.165, 1.54) is 6.07 Å². The van der Waals surface area contributed by atoms with Crippen molar-refractivity contribution in [3.05, 3.63) is 83.0 Å². The van der Waals surface area contributed by atoms with E-state index in [1.54, 1.807) is 48.5 Å². The fraction of sp³-hybridized carbons (Fsp3) is 0.250. The van der Waals surface area contributed by atoms with Gasteiger partial charge in [0.2, 0.25) is 5.88 Å². The molecule has 5 N–H and O–H groups in total. The van der Waals surface area contributed by atoms with Gasteiger partial charge in [0.1, 0.15) is 29.9 Å². The number of primary amides is 1. The summed E-state index contributed by atoms with van der Waals surface area (Å²) in [4.78, 5) is 15.3. The fourth-order valence-corrected chi connectivity index (χ4v) is 3.20. The normalized spacial score (nSPS) is 12.7. The Morgan fingerprint density at radius 3 is 2.55 bits per heavy atom. The Bertz CT molecular complexity index is 1050. The second kappa shape index (κ2) is 12.2. The molecule has 0 saturated heterocycles. The molecule has 8 nitrogen and oxygen atoms in total. The van der Waals surface area contributed by atoms with Gasteiger partial charge in [-0.3, -0.25) is 4.79 Å². The number of benzene rings is 2. The van der Waals surface area contributed by atoms with E-state index in [1.807, 2.05) is 12.1 Å². The third kappa shape index (κ3) is 8.03. The highest BCUT2D eigenvalue weighted by Crippen LogP contribution is 2.21. The third-order valence-corrected chi connectivity index (χ3v) is 4.94. The van der Waals surface area contributed by atoms with E-state index in [0.29, 0.717) is 22.9 Å². The molecule has 0 radical (unpaired) electrons. The Hall–Kier alpha value is -3.17. The molecule has 2 atom stereocenters. The van der Waals surface area contributed by atoms with Gasteiger partial charge in [-0.1, -0.05) is 35.9 Å². The molecule has 0 aliphatic heterocycles. The Morgan fingerprint density at radius 2 is 1.85 bits per heavy atom. The Kier molecular flexibility index (Phi) is 9.03. The summed E-state index contributed by atoms with van der Waals surface area (Å²) in [5.74, 6) is 0.775. The lowest BCUT2D eigenvalue weighted by Crippen LogP contribution is -2.41. The summed E-state index contributed by atoms with van der Waals surface area (Å²) in [5.41, 5.74) is 6.33. The van der Waals surface area contributed by atoms with Crippen molar-refractivity contribution in [1.29, 1.82) is 0 Å². The van der Waals surface area contributed by atoms with Crippen LogP contribution in [-0.2, 0) is 6.42 Å². The quantitative estimate of drug-likeness (QED) is 0.319. The number of hydrogen-bond donors (Lipinski definition) is 4. The first-order chi connectivity index (χ1) is 15.9. The van der Waals surface area contributed by atoms with Crippen LogP contribution in [0.4, 0.5) is 0 Å². The predicted octanol–water partition coefficient (Wildman–Crippen LogP) is 2.56. The highest BCUT2D eigenvalue weighted by Gasteiger charge is 2.12. The van der Waals surface area contributed by atoms with Gasteiger partial charge < -0.3 is 30.7 Å². The first-order valence-corrected chi connectivity index (χ1v) is 10.7. The van der Waals surface area contributed by atoms with Gasteiger partial charge in [0.15, 0.2) is 0 Å². The molecule has 0 saturated carbocycles. The second-order valence-electron chi connectivity index (χ2n) is 7.39. The number of nitrogens with two attached hydrogens (primary N) is 1. The SMILES string of the molecule is NC(=O)c1cccc(Oc2ccc(C[C@@H](CO)NC[C@H](O)COc3cccc(Cl)c3)cc2)n1. The van der Waals surface area contributed by atoms with Crippen LogP contribution in [0.15, 0.2) is 66.7 Å². The summed E-state index contributed by atoms with van der Waals surface area (Å²) in [6.45, 7) is 0.265. The van der Waals surface area contributed by atoms with E-state index in [0.717, 1.165) is 5.56 Å². The van der Waals surface area contributed by atoms with E-state index in [9.17, 15) is 15.0 Å². The minimum absolute atomic E-state index is 0.0933. The van der Waals surface area contributed by atoms with Crippen molar-refractivity contribution in [1.82, 2.24) is 10.3 Å². The average molecular weight is 472 g/mol. The second-order valence-corrected chi connectivity index (χ2v) is 7.82. The van der Waals surface area contributed by atoms with Crippen molar-refractivity contribution in [3.63, 3.8) is 0 Å². The predicted molar refractivity (Wildman–Crippen MR) is 125 cm³/mol. The van der Waals surface area contributed by atoms with Crippen LogP contribution in [0.5, 0.6) is 17.4 Å². The van der Waals surface area contributed by atoms with E-state index in [-0.39, 0.29) is 37.4 Å². The number of nitrogens with one attached hydrogen (secondary N) is 1. The zero-order chi connectivity index (χ0) is 23.6. The van der Waals surface area contributed by atoms with Crippen molar-refractivity contribution in [2.24, 2.45) is 5.73 Å².